The summed E-state index contributed by atoms with van der Waals surface area (Å²) in [6.45, 7) is 1.55. The number of anilines is 1. The molecule has 0 amide bonds. The second kappa shape index (κ2) is 7.29. The molecule has 26 heavy (non-hydrogen) atoms. The number of thiophene rings is 1. The van der Waals surface area contributed by atoms with E-state index in [1.54, 1.807) is 25.1 Å². The molecule has 0 spiro atoms. The van der Waals surface area contributed by atoms with Crippen molar-refractivity contribution in [3.8, 4) is 6.07 Å². The fourth-order valence-electron chi connectivity index (χ4n) is 2.40. The number of nitriles is 1. The molecule has 2 aromatic heterocycles. The van der Waals surface area contributed by atoms with Crippen molar-refractivity contribution in [2.45, 2.75) is 13.5 Å². The molecule has 3 rings (SSSR count). The van der Waals surface area contributed by atoms with Gasteiger partial charge in [0.05, 0.1) is 12.2 Å². The monoisotopic (exact) mass is 370 g/mol. The van der Waals surface area contributed by atoms with Crippen LogP contribution in [0.2, 0.25) is 0 Å². The van der Waals surface area contributed by atoms with Crippen LogP contribution in [0.15, 0.2) is 34.7 Å². The molecule has 0 fully saturated rings. The Hall–Kier alpha value is -3.31. The van der Waals surface area contributed by atoms with Gasteiger partial charge in [-0.15, -0.1) is 11.3 Å². The number of para-hydroxylation sites is 1. The van der Waals surface area contributed by atoms with E-state index in [-0.39, 0.29) is 40.0 Å². The predicted octanol–water partition coefficient (Wildman–Crippen LogP) is 3.48. The van der Waals surface area contributed by atoms with Gasteiger partial charge < -0.3 is 19.6 Å². The zero-order chi connectivity index (χ0) is 18.7. The van der Waals surface area contributed by atoms with E-state index >= 15 is 0 Å². The largest absolute Gasteiger partial charge is 0.462 e. The number of fused-ring (bicyclic) bond motifs is 1. The molecule has 0 radical (unpaired) electrons. The summed E-state index contributed by atoms with van der Waals surface area (Å²) in [5.74, 6) is -1.28. The van der Waals surface area contributed by atoms with Crippen LogP contribution in [0.3, 0.4) is 0 Å². The van der Waals surface area contributed by atoms with Crippen LogP contribution in [0.25, 0.3) is 11.0 Å². The zero-order valence-electron chi connectivity index (χ0n) is 13.8. The van der Waals surface area contributed by atoms with Crippen molar-refractivity contribution in [3.05, 3.63) is 52.1 Å². The summed E-state index contributed by atoms with van der Waals surface area (Å²) in [5, 5.41) is 10.2. The fourth-order valence-corrected chi connectivity index (χ4v) is 3.32. The number of carbonyl (C=O) groups is 2. The summed E-state index contributed by atoms with van der Waals surface area (Å²) in [5.41, 5.74) is 6.68. The van der Waals surface area contributed by atoms with Crippen molar-refractivity contribution in [1.29, 1.82) is 5.26 Å². The van der Waals surface area contributed by atoms with Crippen LogP contribution in [0.4, 0.5) is 5.00 Å². The second-order valence-corrected chi connectivity index (χ2v) is 6.26. The van der Waals surface area contributed by atoms with Crippen LogP contribution in [0, 0.1) is 11.3 Å². The Balaban J connectivity index is 1.83. The summed E-state index contributed by atoms with van der Waals surface area (Å²) in [7, 11) is 0. The third-order valence-electron chi connectivity index (χ3n) is 3.58. The molecule has 0 bridgehead atoms. The van der Waals surface area contributed by atoms with Crippen LogP contribution < -0.4 is 5.73 Å². The number of carbonyl (C=O) groups excluding carboxylic acids is 2. The Morgan fingerprint density at radius 2 is 2.04 bits per heavy atom. The van der Waals surface area contributed by atoms with Crippen molar-refractivity contribution >= 4 is 39.2 Å². The van der Waals surface area contributed by atoms with Crippen molar-refractivity contribution in [3.63, 3.8) is 0 Å². The highest BCUT2D eigenvalue weighted by atomic mass is 32.1. The average molecular weight is 370 g/mol. The molecule has 0 atom stereocenters. The third kappa shape index (κ3) is 3.25. The number of esters is 2. The number of nitrogen functional groups attached to an aromatic ring is 1. The molecular formula is C18H14N2O5S. The van der Waals surface area contributed by atoms with Gasteiger partial charge in [0.25, 0.3) is 0 Å². The molecule has 2 N–H and O–H groups in total. The number of furan rings is 1. The summed E-state index contributed by atoms with van der Waals surface area (Å²) < 4.78 is 15.6. The number of rotatable bonds is 5. The molecule has 7 nitrogen and oxygen atoms in total. The molecule has 0 aliphatic heterocycles. The van der Waals surface area contributed by atoms with Gasteiger partial charge in [-0.1, -0.05) is 18.2 Å². The standard InChI is InChI=1S/C18H14N2O5S/c1-2-23-18(22)15-12(11(8-19)16(20)26-15)9-24-17(21)14-7-10-5-3-4-6-13(10)25-14/h3-7H,2,9,20H2,1H3. The van der Waals surface area contributed by atoms with Gasteiger partial charge in [-0.2, -0.15) is 5.26 Å². The highest BCUT2D eigenvalue weighted by Crippen LogP contribution is 2.32. The predicted molar refractivity (Wildman–Crippen MR) is 94.7 cm³/mol. The Morgan fingerprint density at radius 1 is 1.27 bits per heavy atom. The van der Waals surface area contributed by atoms with E-state index in [4.69, 9.17) is 19.6 Å². The van der Waals surface area contributed by atoms with Gasteiger partial charge in [0, 0.05) is 10.9 Å². The van der Waals surface area contributed by atoms with E-state index in [0.29, 0.717) is 5.58 Å². The smallest absolute Gasteiger partial charge is 0.374 e. The lowest BCUT2D eigenvalue weighted by Gasteiger charge is -2.05. The van der Waals surface area contributed by atoms with Gasteiger partial charge in [0.2, 0.25) is 5.76 Å². The van der Waals surface area contributed by atoms with E-state index in [0.717, 1.165) is 16.7 Å². The van der Waals surface area contributed by atoms with Crippen LogP contribution in [-0.2, 0) is 16.1 Å². The van der Waals surface area contributed by atoms with E-state index in [2.05, 4.69) is 0 Å². The highest BCUT2D eigenvalue weighted by molar-refractivity contribution is 7.18. The summed E-state index contributed by atoms with van der Waals surface area (Å²) in [6.07, 6.45) is 0. The Morgan fingerprint density at radius 3 is 2.73 bits per heavy atom. The second-order valence-electron chi connectivity index (χ2n) is 5.21. The summed E-state index contributed by atoms with van der Waals surface area (Å²) in [4.78, 5) is 24.5. The Labute approximate surface area is 152 Å². The van der Waals surface area contributed by atoms with E-state index in [1.165, 1.54) is 0 Å². The zero-order valence-corrected chi connectivity index (χ0v) is 14.6. The fraction of sp³-hybridized carbons (Fsp3) is 0.167. The molecule has 132 valence electrons. The Kier molecular flexibility index (Phi) is 4.91. The van der Waals surface area contributed by atoms with E-state index in [9.17, 15) is 14.9 Å². The first-order valence-electron chi connectivity index (χ1n) is 7.69. The van der Waals surface area contributed by atoms with Gasteiger partial charge in [0.1, 0.15) is 28.1 Å². The number of benzene rings is 1. The number of nitrogens with zero attached hydrogens (tertiary/aromatic N) is 1. The number of nitrogens with two attached hydrogens (primary N) is 1. The summed E-state index contributed by atoms with van der Waals surface area (Å²) >= 11 is 0.931. The first-order chi connectivity index (χ1) is 12.5. The molecule has 3 aromatic rings. The summed E-state index contributed by atoms with van der Waals surface area (Å²) in [6, 6.07) is 10.7. The maximum atomic E-state index is 12.3. The molecular weight excluding hydrogens is 356 g/mol. The van der Waals surface area contributed by atoms with Gasteiger partial charge in [-0.05, 0) is 19.1 Å². The maximum Gasteiger partial charge on any atom is 0.374 e. The minimum Gasteiger partial charge on any atom is -0.462 e. The van der Waals surface area contributed by atoms with E-state index < -0.39 is 11.9 Å². The highest BCUT2D eigenvalue weighted by Gasteiger charge is 2.24. The minimum absolute atomic E-state index is 0.0330. The molecule has 0 aliphatic carbocycles. The number of hydrogen-bond donors (Lipinski definition) is 1. The topological polar surface area (TPSA) is 116 Å². The number of hydrogen-bond acceptors (Lipinski definition) is 8. The molecule has 8 heteroatoms. The van der Waals surface area contributed by atoms with E-state index in [1.807, 2.05) is 18.2 Å². The van der Waals surface area contributed by atoms with Gasteiger partial charge in [-0.25, -0.2) is 9.59 Å². The van der Waals surface area contributed by atoms with Gasteiger partial charge >= 0.3 is 11.9 Å². The normalized spacial score (nSPS) is 10.5. The first-order valence-corrected chi connectivity index (χ1v) is 8.50. The lowest BCUT2D eigenvalue weighted by molar-refractivity contribution is 0.0424. The minimum atomic E-state index is -0.704. The average Bonchev–Trinajstić information content (AvgIpc) is 3.20. The quantitative estimate of drug-likeness (QED) is 0.683. The van der Waals surface area contributed by atoms with Crippen molar-refractivity contribution in [1.82, 2.24) is 0 Å². The van der Waals surface area contributed by atoms with Crippen LogP contribution in [0.5, 0.6) is 0 Å². The Bertz CT molecular complexity index is 995. The third-order valence-corrected chi connectivity index (χ3v) is 4.62. The van der Waals surface area contributed by atoms with Crippen molar-refractivity contribution in [2.24, 2.45) is 0 Å². The van der Waals surface area contributed by atoms with Crippen LogP contribution in [0.1, 0.15) is 38.3 Å². The molecule has 2 heterocycles. The molecule has 0 saturated carbocycles. The van der Waals surface area contributed by atoms with Crippen molar-refractivity contribution in [2.75, 3.05) is 12.3 Å². The lowest BCUT2D eigenvalue weighted by Crippen LogP contribution is -2.09. The lowest BCUT2D eigenvalue weighted by atomic mass is 10.1. The van der Waals surface area contributed by atoms with Crippen molar-refractivity contribution < 1.29 is 23.5 Å². The van der Waals surface area contributed by atoms with Crippen LogP contribution >= 0.6 is 11.3 Å². The molecule has 0 unspecified atom stereocenters. The molecule has 1 aromatic carbocycles. The SMILES string of the molecule is CCOC(=O)c1sc(N)c(C#N)c1COC(=O)c1cc2ccccc2o1. The number of ether oxygens (including phenoxy) is 2. The molecule has 0 aliphatic rings. The van der Waals surface area contributed by atoms with Crippen LogP contribution in [-0.4, -0.2) is 18.5 Å². The molecule has 0 saturated heterocycles. The first kappa shape index (κ1) is 17.5. The maximum absolute atomic E-state index is 12.3. The van der Waals surface area contributed by atoms with Gasteiger partial charge in [0.15, 0.2) is 0 Å². The van der Waals surface area contributed by atoms with Gasteiger partial charge in [-0.3, -0.25) is 0 Å².